The van der Waals surface area contributed by atoms with Gasteiger partial charge in [-0.1, -0.05) is 29.8 Å². The molecule has 1 fully saturated rings. The summed E-state index contributed by atoms with van der Waals surface area (Å²) in [6.45, 7) is 4.17. The zero-order valence-corrected chi connectivity index (χ0v) is 10.3. The maximum Gasteiger partial charge on any atom is 0.302 e. The maximum atomic E-state index is 10.9. The van der Waals surface area contributed by atoms with Crippen LogP contribution < -0.4 is 0 Å². The highest BCUT2D eigenvalue weighted by Crippen LogP contribution is 2.29. The first kappa shape index (κ1) is 12.1. The predicted molar refractivity (Wildman–Crippen MR) is 64.7 cm³/mol. The van der Waals surface area contributed by atoms with Gasteiger partial charge in [0.15, 0.2) is 0 Å². The van der Waals surface area contributed by atoms with Crippen molar-refractivity contribution in [3.05, 3.63) is 35.4 Å². The van der Waals surface area contributed by atoms with E-state index in [9.17, 15) is 4.79 Å². The number of rotatable bonds is 2. The topological polar surface area (TPSA) is 35.5 Å². The monoisotopic (exact) mass is 234 g/mol. The molecule has 0 amide bonds. The van der Waals surface area contributed by atoms with Crippen molar-refractivity contribution in [1.82, 2.24) is 0 Å². The van der Waals surface area contributed by atoms with Gasteiger partial charge in [0.05, 0.1) is 12.7 Å². The van der Waals surface area contributed by atoms with Gasteiger partial charge >= 0.3 is 5.97 Å². The largest absolute Gasteiger partial charge is 0.462 e. The lowest BCUT2D eigenvalue weighted by Crippen LogP contribution is -2.27. The van der Waals surface area contributed by atoms with E-state index >= 15 is 0 Å². The van der Waals surface area contributed by atoms with Gasteiger partial charge in [-0.3, -0.25) is 4.79 Å². The number of ether oxygens (including phenoxy) is 2. The van der Waals surface area contributed by atoms with Gasteiger partial charge in [-0.25, -0.2) is 0 Å². The molecule has 0 aliphatic carbocycles. The molecular weight excluding hydrogens is 216 g/mol. The molecule has 17 heavy (non-hydrogen) atoms. The highest BCUT2D eigenvalue weighted by atomic mass is 16.6. The third-order valence-electron chi connectivity index (χ3n) is 3.02. The molecule has 1 heterocycles. The fourth-order valence-electron chi connectivity index (χ4n) is 2.12. The molecule has 1 aliphatic heterocycles. The van der Waals surface area contributed by atoms with Crippen LogP contribution in [0.15, 0.2) is 24.3 Å². The molecule has 0 bridgehead atoms. The number of hydrogen-bond donors (Lipinski definition) is 0. The summed E-state index contributed by atoms with van der Waals surface area (Å²) in [6.07, 6.45) is 1.59. The molecule has 1 aliphatic rings. The van der Waals surface area contributed by atoms with Crippen LogP contribution in [0.1, 0.15) is 37.0 Å². The molecule has 1 aromatic carbocycles. The first-order valence-corrected chi connectivity index (χ1v) is 6.00. The van der Waals surface area contributed by atoms with Gasteiger partial charge in [0, 0.05) is 19.8 Å². The van der Waals surface area contributed by atoms with Crippen molar-refractivity contribution in [3.8, 4) is 0 Å². The Morgan fingerprint density at radius 2 is 2.06 bits per heavy atom. The van der Waals surface area contributed by atoms with Crippen LogP contribution in [0.25, 0.3) is 0 Å². The number of hydrogen-bond acceptors (Lipinski definition) is 3. The third kappa shape index (κ3) is 3.30. The Kier molecular flexibility index (Phi) is 3.79. The smallest absolute Gasteiger partial charge is 0.302 e. The maximum absolute atomic E-state index is 10.9. The minimum Gasteiger partial charge on any atom is -0.462 e. The predicted octanol–water partition coefficient (Wildman–Crippen LogP) is 2.78. The normalized spacial score (nSPS) is 24.4. The molecule has 0 spiro atoms. The average molecular weight is 234 g/mol. The van der Waals surface area contributed by atoms with Gasteiger partial charge in [-0.05, 0) is 12.5 Å². The van der Waals surface area contributed by atoms with E-state index < -0.39 is 0 Å². The third-order valence-corrected chi connectivity index (χ3v) is 3.02. The van der Waals surface area contributed by atoms with Crippen LogP contribution in [0.2, 0.25) is 0 Å². The van der Waals surface area contributed by atoms with Crippen molar-refractivity contribution in [2.45, 2.75) is 38.9 Å². The first-order chi connectivity index (χ1) is 8.15. The summed E-state index contributed by atoms with van der Waals surface area (Å²) < 4.78 is 11.0. The van der Waals surface area contributed by atoms with Gasteiger partial charge < -0.3 is 9.47 Å². The molecular formula is C14H18O3. The zero-order chi connectivity index (χ0) is 12.3. The Morgan fingerprint density at radius 1 is 1.35 bits per heavy atom. The van der Waals surface area contributed by atoms with Crippen LogP contribution in [-0.4, -0.2) is 18.7 Å². The first-order valence-electron chi connectivity index (χ1n) is 6.00. The summed E-state index contributed by atoms with van der Waals surface area (Å²) in [5.41, 5.74) is 2.40. The number of benzene rings is 1. The molecule has 2 rings (SSSR count). The number of esters is 1. The highest BCUT2D eigenvalue weighted by Gasteiger charge is 2.25. The molecule has 1 saturated heterocycles. The van der Waals surface area contributed by atoms with Crippen molar-refractivity contribution >= 4 is 5.97 Å². The molecule has 0 radical (unpaired) electrons. The summed E-state index contributed by atoms with van der Waals surface area (Å²) in [5, 5.41) is 0. The van der Waals surface area contributed by atoms with Crippen molar-refractivity contribution in [2.75, 3.05) is 6.61 Å². The molecule has 2 atom stereocenters. The summed E-state index contributed by atoms with van der Waals surface area (Å²) in [7, 11) is 0. The van der Waals surface area contributed by atoms with Crippen LogP contribution in [0.3, 0.4) is 0 Å². The minimum atomic E-state index is -0.209. The van der Waals surface area contributed by atoms with Gasteiger partial charge in [0.2, 0.25) is 0 Å². The molecule has 1 aromatic rings. The molecule has 0 unspecified atom stereocenters. The quantitative estimate of drug-likeness (QED) is 0.738. The molecule has 3 heteroatoms. The van der Waals surface area contributed by atoms with E-state index in [4.69, 9.17) is 9.47 Å². The number of aryl methyl sites for hydroxylation is 1. The lowest BCUT2D eigenvalue weighted by molar-refractivity contribution is -0.153. The van der Waals surface area contributed by atoms with Gasteiger partial charge in [-0.2, -0.15) is 0 Å². The molecule has 0 saturated carbocycles. The van der Waals surface area contributed by atoms with E-state index in [1.807, 2.05) is 0 Å². The van der Waals surface area contributed by atoms with E-state index in [0.29, 0.717) is 6.61 Å². The van der Waals surface area contributed by atoms with Crippen LogP contribution in [-0.2, 0) is 14.3 Å². The second-order valence-corrected chi connectivity index (χ2v) is 4.53. The summed E-state index contributed by atoms with van der Waals surface area (Å²) in [5.74, 6) is -0.209. The fraction of sp³-hybridized carbons (Fsp3) is 0.500. The molecule has 0 aromatic heterocycles. The van der Waals surface area contributed by atoms with Crippen molar-refractivity contribution < 1.29 is 14.3 Å². The van der Waals surface area contributed by atoms with E-state index in [0.717, 1.165) is 18.4 Å². The lowest BCUT2D eigenvalue weighted by atomic mass is 9.98. The Morgan fingerprint density at radius 3 is 2.71 bits per heavy atom. The Hall–Kier alpha value is -1.35. The van der Waals surface area contributed by atoms with Crippen LogP contribution >= 0.6 is 0 Å². The van der Waals surface area contributed by atoms with Crippen LogP contribution in [0, 0.1) is 6.92 Å². The summed E-state index contributed by atoms with van der Waals surface area (Å²) in [6, 6.07) is 8.31. The molecule has 3 nitrogen and oxygen atoms in total. The van der Waals surface area contributed by atoms with E-state index in [2.05, 4.69) is 31.2 Å². The number of carbonyl (C=O) groups excluding carboxylic acids is 1. The van der Waals surface area contributed by atoms with Gasteiger partial charge in [0.25, 0.3) is 0 Å². The second-order valence-electron chi connectivity index (χ2n) is 4.53. The highest BCUT2D eigenvalue weighted by molar-refractivity contribution is 5.66. The Bertz CT molecular complexity index is 383. The molecule has 92 valence electrons. The minimum absolute atomic E-state index is 0.00690. The van der Waals surface area contributed by atoms with Crippen molar-refractivity contribution in [2.24, 2.45) is 0 Å². The lowest BCUT2D eigenvalue weighted by Gasteiger charge is -2.29. The fourth-order valence-corrected chi connectivity index (χ4v) is 2.12. The van der Waals surface area contributed by atoms with Crippen molar-refractivity contribution in [3.63, 3.8) is 0 Å². The summed E-state index contributed by atoms with van der Waals surface area (Å²) in [4.78, 5) is 10.9. The Balaban J connectivity index is 2.01. The van der Waals surface area contributed by atoms with E-state index in [1.165, 1.54) is 12.5 Å². The SMILES string of the molecule is CC(=O)O[C@@H]1CCO[C@H](c2ccc(C)cc2)C1. The summed E-state index contributed by atoms with van der Waals surface area (Å²) >= 11 is 0. The standard InChI is InChI=1S/C14H18O3/c1-10-3-5-12(6-4-10)14-9-13(7-8-16-14)17-11(2)15/h3-6,13-14H,7-9H2,1-2H3/t13-,14+/m1/s1. The van der Waals surface area contributed by atoms with E-state index in [-0.39, 0.29) is 18.2 Å². The molecule has 0 N–H and O–H groups in total. The second kappa shape index (κ2) is 5.32. The Labute approximate surface area is 102 Å². The number of carbonyl (C=O) groups is 1. The van der Waals surface area contributed by atoms with Crippen molar-refractivity contribution in [1.29, 1.82) is 0 Å². The average Bonchev–Trinajstić information content (AvgIpc) is 2.29. The van der Waals surface area contributed by atoms with Crippen LogP contribution in [0.5, 0.6) is 0 Å². The van der Waals surface area contributed by atoms with E-state index in [1.54, 1.807) is 0 Å². The zero-order valence-electron chi connectivity index (χ0n) is 10.3. The van der Waals surface area contributed by atoms with Gasteiger partial charge in [-0.15, -0.1) is 0 Å². The van der Waals surface area contributed by atoms with Gasteiger partial charge in [0.1, 0.15) is 6.10 Å². The van der Waals surface area contributed by atoms with Crippen LogP contribution in [0.4, 0.5) is 0 Å².